The van der Waals surface area contributed by atoms with Crippen molar-refractivity contribution in [3.8, 4) is 11.5 Å². The minimum absolute atomic E-state index is 0.0151. The van der Waals surface area contributed by atoms with Crippen LogP contribution < -0.4 is 9.47 Å². The fourth-order valence-electron chi connectivity index (χ4n) is 2.21. The lowest BCUT2D eigenvalue weighted by Gasteiger charge is -2.10. The molecule has 4 heteroatoms. The zero-order chi connectivity index (χ0) is 15.4. The van der Waals surface area contributed by atoms with Crippen molar-refractivity contribution < 1.29 is 14.3 Å². The van der Waals surface area contributed by atoms with Crippen LogP contribution in [0.3, 0.4) is 0 Å². The molecule has 0 saturated heterocycles. The van der Waals surface area contributed by atoms with Crippen molar-refractivity contribution >= 4 is 17.4 Å². The number of carbonyl (C=O) groups excluding carboxylic acids is 1. The molecule has 0 radical (unpaired) electrons. The van der Waals surface area contributed by atoms with Crippen molar-refractivity contribution in [3.05, 3.63) is 58.1 Å². The van der Waals surface area contributed by atoms with Gasteiger partial charge in [0.15, 0.2) is 5.78 Å². The zero-order valence-electron chi connectivity index (χ0n) is 12.3. The van der Waals surface area contributed by atoms with E-state index in [-0.39, 0.29) is 12.2 Å². The van der Waals surface area contributed by atoms with Crippen molar-refractivity contribution in [3.63, 3.8) is 0 Å². The van der Waals surface area contributed by atoms with Gasteiger partial charge in [-0.3, -0.25) is 4.79 Å². The maximum atomic E-state index is 12.4. The maximum Gasteiger partial charge on any atom is 0.167 e. The first-order valence-electron chi connectivity index (χ1n) is 6.55. The molecule has 0 aliphatic carbocycles. The standard InChI is InChI=1S/C17H17ClO3/c1-11-8-12(4-6-16(11)20-2)15(19)10-13-9-14(18)5-7-17(13)21-3/h4-9H,10H2,1-3H3. The number of carbonyl (C=O) groups is 1. The third-order valence-corrected chi connectivity index (χ3v) is 3.55. The highest BCUT2D eigenvalue weighted by atomic mass is 35.5. The summed E-state index contributed by atoms with van der Waals surface area (Å²) in [4.78, 5) is 12.4. The number of hydrogen-bond acceptors (Lipinski definition) is 3. The van der Waals surface area contributed by atoms with Gasteiger partial charge in [-0.05, 0) is 48.9 Å². The lowest BCUT2D eigenvalue weighted by Crippen LogP contribution is -2.05. The van der Waals surface area contributed by atoms with Gasteiger partial charge in [0, 0.05) is 22.6 Å². The molecule has 0 aliphatic heterocycles. The zero-order valence-corrected chi connectivity index (χ0v) is 13.0. The van der Waals surface area contributed by atoms with Gasteiger partial charge in [0.1, 0.15) is 11.5 Å². The molecule has 0 aliphatic rings. The van der Waals surface area contributed by atoms with Crippen LogP contribution in [0.15, 0.2) is 36.4 Å². The highest BCUT2D eigenvalue weighted by Crippen LogP contribution is 2.25. The average molecular weight is 305 g/mol. The molecule has 3 nitrogen and oxygen atoms in total. The molecular weight excluding hydrogens is 288 g/mol. The minimum atomic E-state index is 0.0151. The number of benzene rings is 2. The van der Waals surface area contributed by atoms with Crippen LogP contribution in [0, 0.1) is 6.92 Å². The molecule has 0 N–H and O–H groups in total. The number of hydrogen-bond donors (Lipinski definition) is 0. The fraction of sp³-hybridized carbons (Fsp3) is 0.235. The van der Waals surface area contributed by atoms with E-state index in [4.69, 9.17) is 21.1 Å². The second kappa shape index (κ2) is 6.64. The topological polar surface area (TPSA) is 35.5 Å². The van der Waals surface area contributed by atoms with Crippen LogP contribution in [0.5, 0.6) is 11.5 Å². The van der Waals surface area contributed by atoms with E-state index in [2.05, 4.69) is 0 Å². The Kier molecular flexibility index (Phi) is 4.86. The molecule has 0 amide bonds. The lowest BCUT2D eigenvalue weighted by atomic mass is 10.0. The van der Waals surface area contributed by atoms with Crippen molar-refractivity contribution in [2.45, 2.75) is 13.3 Å². The molecule has 2 aromatic rings. The average Bonchev–Trinajstić information content (AvgIpc) is 2.47. The second-order valence-electron chi connectivity index (χ2n) is 4.74. The van der Waals surface area contributed by atoms with Crippen LogP contribution in [0.25, 0.3) is 0 Å². The smallest absolute Gasteiger partial charge is 0.167 e. The molecule has 0 atom stereocenters. The van der Waals surface area contributed by atoms with Gasteiger partial charge in [-0.15, -0.1) is 0 Å². The molecule has 0 unspecified atom stereocenters. The predicted molar refractivity (Wildman–Crippen MR) is 83.8 cm³/mol. The van der Waals surface area contributed by atoms with Gasteiger partial charge in [-0.1, -0.05) is 11.6 Å². The molecule has 21 heavy (non-hydrogen) atoms. The highest BCUT2D eigenvalue weighted by molar-refractivity contribution is 6.30. The summed E-state index contributed by atoms with van der Waals surface area (Å²) in [7, 11) is 3.19. The summed E-state index contributed by atoms with van der Waals surface area (Å²) >= 11 is 5.98. The molecule has 0 fully saturated rings. The molecule has 0 aromatic heterocycles. The van der Waals surface area contributed by atoms with Gasteiger partial charge < -0.3 is 9.47 Å². The summed E-state index contributed by atoms with van der Waals surface area (Å²) in [6, 6.07) is 10.7. The Morgan fingerprint density at radius 3 is 2.33 bits per heavy atom. The highest BCUT2D eigenvalue weighted by Gasteiger charge is 2.13. The van der Waals surface area contributed by atoms with E-state index in [0.717, 1.165) is 16.9 Å². The number of aryl methyl sites for hydroxylation is 1. The van der Waals surface area contributed by atoms with Gasteiger partial charge in [0.05, 0.1) is 14.2 Å². The number of rotatable bonds is 5. The maximum absolute atomic E-state index is 12.4. The first-order valence-corrected chi connectivity index (χ1v) is 6.93. The third-order valence-electron chi connectivity index (χ3n) is 3.31. The summed E-state index contributed by atoms with van der Waals surface area (Å²) < 4.78 is 10.5. The van der Waals surface area contributed by atoms with E-state index in [1.54, 1.807) is 44.6 Å². The van der Waals surface area contributed by atoms with Gasteiger partial charge in [0.2, 0.25) is 0 Å². The lowest BCUT2D eigenvalue weighted by molar-refractivity contribution is 0.0992. The SMILES string of the molecule is COc1ccc(C(=O)Cc2cc(Cl)ccc2OC)cc1C. The van der Waals surface area contributed by atoms with Gasteiger partial charge in [-0.25, -0.2) is 0 Å². The number of methoxy groups -OCH3 is 2. The van der Waals surface area contributed by atoms with Crippen LogP contribution in [0.2, 0.25) is 5.02 Å². The Hall–Kier alpha value is -2.00. The van der Waals surface area contributed by atoms with E-state index in [1.807, 2.05) is 13.0 Å². The normalized spacial score (nSPS) is 10.3. The van der Waals surface area contributed by atoms with E-state index in [9.17, 15) is 4.79 Å². The molecule has 0 heterocycles. The van der Waals surface area contributed by atoms with Crippen LogP contribution in [0.4, 0.5) is 0 Å². The minimum Gasteiger partial charge on any atom is -0.496 e. The first-order chi connectivity index (χ1) is 10.0. The first kappa shape index (κ1) is 15.4. The number of halogens is 1. The van der Waals surface area contributed by atoms with Crippen molar-refractivity contribution in [1.82, 2.24) is 0 Å². The molecule has 0 spiro atoms. The Labute approximate surface area is 129 Å². The molecule has 0 saturated carbocycles. The monoisotopic (exact) mass is 304 g/mol. The van der Waals surface area contributed by atoms with E-state index < -0.39 is 0 Å². The number of ether oxygens (including phenoxy) is 2. The third kappa shape index (κ3) is 3.56. The summed E-state index contributed by atoms with van der Waals surface area (Å²) in [6.07, 6.45) is 0.246. The molecule has 2 rings (SSSR count). The predicted octanol–water partition coefficient (Wildman–Crippen LogP) is 4.09. The Bertz CT molecular complexity index is 665. The Morgan fingerprint density at radius 2 is 1.71 bits per heavy atom. The van der Waals surface area contributed by atoms with E-state index in [0.29, 0.717) is 16.3 Å². The fourth-order valence-corrected chi connectivity index (χ4v) is 2.41. The summed E-state index contributed by atoms with van der Waals surface area (Å²) in [5.41, 5.74) is 2.36. The largest absolute Gasteiger partial charge is 0.496 e. The quantitative estimate of drug-likeness (QED) is 0.780. The summed E-state index contributed by atoms with van der Waals surface area (Å²) in [5, 5.41) is 0.588. The second-order valence-corrected chi connectivity index (χ2v) is 5.18. The van der Waals surface area contributed by atoms with Crippen LogP contribution in [0.1, 0.15) is 21.5 Å². The van der Waals surface area contributed by atoms with Crippen molar-refractivity contribution in [2.75, 3.05) is 14.2 Å². The van der Waals surface area contributed by atoms with Crippen LogP contribution in [-0.2, 0) is 6.42 Å². The van der Waals surface area contributed by atoms with Crippen molar-refractivity contribution in [2.24, 2.45) is 0 Å². The van der Waals surface area contributed by atoms with Crippen molar-refractivity contribution in [1.29, 1.82) is 0 Å². The van der Waals surface area contributed by atoms with Gasteiger partial charge in [0.25, 0.3) is 0 Å². The Morgan fingerprint density at radius 1 is 1.05 bits per heavy atom. The molecular formula is C17H17ClO3. The van der Waals surface area contributed by atoms with Crippen LogP contribution >= 0.6 is 11.6 Å². The van der Waals surface area contributed by atoms with Crippen LogP contribution in [-0.4, -0.2) is 20.0 Å². The Balaban J connectivity index is 2.26. The van der Waals surface area contributed by atoms with E-state index in [1.165, 1.54) is 0 Å². The molecule has 2 aromatic carbocycles. The number of Topliss-reactive ketones (excluding diaryl/α,β-unsaturated/α-hetero) is 1. The molecule has 0 bridgehead atoms. The summed E-state index contributed by atoms with van der Waals surface area (Å²) in [5.74, 6) is 1.45. The van der Waals surface area contributed by atoms with Gasteiger partial charge >= 0.3 is 0 Å². The van der Waals surface area contributed by atoms with Gasteiger partial charge in [-0.2, -0.15) is 0 Å². The number of ketones is 1. The summed E-state index contributed by atoms with van der Waals surface area (Å²) in [6.45, 7) is 1.91. The molecule has 110 valence electrons. The van der Waals surface area contributed by atoms with E-state index >= 15 is 0 Å².